The van der Waals surface area contributed by atoms with Gasteiger partial charge in [0.15, 0.2) is 9.84 Å². The molecule has 9 nitrogen and oxygen atoms in total. The van der Waals surface area contributed by atoms with E-state index in [1.807, 2.05) is 31.2 Å². The largest absolute Gasteiger partial charge is 0.488 e. The third-order valence-corrected chi connectivity index (χ3v) is 6.38. The summed E-state index contributed by atoms with van der Waals surface area (Å²) in [6.45, 7) is 2.65. The van der Waals surface area contributed by atoms with Gasteiger partial charge in [0, 0.05) is 30.7 Å². The molecule has 2 N–H and O–H groups in total. The van der Waals surface area contributed by atoms with Crippen molar-refractivity contribution in [3.8, 4) is 28.5 Å². The van der Waals surface area contributed by atoms with Crippen LogP contribution in [-0.2, 0) is 19.3 Å². The number of aromatic amines is 1. The number of rotatable bonds is 10. The van der Waals surface area contributed by atoms with E-state index in [9.17, 15) is 13.5 Å². The predicted molar refractivity (Wildman–Crippen MR) is 131 cm³/mol. The van der Waals surface area contributed by atoms with Crippen molar-refractivity contribution in [2.24, 2.45) is 4.99 Å². The van der Waals surface area contributed by atoms with Gasteiger partial charge in [-0.25, -0.2) is 13.4 Å². The van der Waals surface area contributed by atoms with Gasteiger partial charge in [-0.05, 0) is 55.5 Å². The zero-order valence-corrected chi connectivity index (χ0v) is 20.5. The molecule has 1 aliphatic rings. The number of aliphatic hydroxyl groups excluding tert-OH is 1. The average molecular weight is 501 g/mol. The summed E-state index contributed by atoms with van der Waals surface area (Å²) in [4.78, 5) is 7.85. The number of methoxy groups -OCH3 is 1. The van der Waals surface area contributed by atoms with Crippen LogP contribution in [0.3, 0.4) is 0 Å². The molecule has 0 radical (unpaired) electrons. The number of benzene rings is 2. The highest BCUT2D eigenvalue weighted by Crippen LogP contribution is 2.33. The van der Waals surface area contributed by atoms with Crippen LogP contribution in [0.4, 0.5) is 0 Å². The first-order chi connectivity index (χ1) is 16.7. The molecule has 0 aliphatic carbocycles. The summed E-state index contributed by atoms with van der Waals surface area (Å²) in [6, 6.07) is 15.5. The lowest BCUT2D eigenvalue weighted by Crippen LogP contribution is -2.18. The molecule has 0 saturated heterocycles. The van der Waals surface area contributed by atoms with Gasteiger partial charge in [-0.15, -0.1) is 0 Å². The maximum Gasteiger partial charge on any atom is 0.233 e. The Hall–Kier alpha value is -3.34. The second-order valence-electron chi connectivity index (χ2n) is 8.28. The lowest BCUT2D eigenvalue weighted by Gasteiger charge is -2.16. The van der Waals surface area contributed by atoms with Crippen LogP contribution in [0.2, 0.25) is 0 Å². The zero-order chi connectivity index (χ0) is 25.0. The summed E-state index contributed by atoms with van der Waals surface area (Å²) in [5.74, 6) is 2.04. The predicted octanol–water partition coefficient (Wildman–Crippen LogP) is 3.43. The summed E-state index contributed by atoms with van der Waals surface area (Å²) < 4.78 is 46.3. The second-order valence-corrected chi connectivity index (χ2v) is 10.3. The van der Waals surface area contributed by atoms with Crippen molar-refractivity contribution >= 4 is 15.7 Å². The number of aromatic nitrogens is 1. The summed E-state index contributed by atoms with van der Waals surface area (Å²) in [5, 5.41) is 9.29. The Kier molecular flexibility index (Phi) is 7.44. The standard InChI is InChI=1S/C25H28N2O7S/c1-16(15-31-2)32-19-10-17(23-8-9-24(27-23)25-26-13-21(14-28)34-25)11-20(12-19)33-18-4-6-22(7-5-18)35(3,29)30/h4-12,16,21,27-28H,13-15H2,1-3H3/t16-,21?/m0/s1. The van der Waals surface area contributed by atoms with Crippen LogP contribution in [0.5, 0.6) is 17.2 Å². The number of hydrogen-bond donors (Lipinski definition) is 2. The highest BCUT2D eigenvalue weighted by atomic mass is 32.2. The molecule has 0 fully saturated rings. The fraction of sp³-hybridized carbons (Fsp3) is 0.320. The zero-order valence-electron chi connectivity index (χ0n) is 19.7. The molecule has 0 spiro atoms. The molecule has 2 atom stereocenters. The van der Waals surface area contributed by atoms with Crippen LogP contribution in [0, 0.1) is 0 Å². The minimum absolute atomic E-state index is 0.0918. The van der Waals surface area contributed by atoms with E-state index < -0.39 is 9.84 Å². The minimum Gasteiger partial charge on any atom is -0.488 e. The molecular formula is C25H28N2O7S. The molecule has 10 heteroatoms. The summed E-state index contributed by atoms with van der Waals surface area (Å²) >= 11 is 0. The number of nitrogens with zero attached hydrogens (tertiary/aromatic N) is 1. The SMILES string of the molecule is COC[C@H](C)Oc1cc(Oc2ccc(S(C)(=O)=O)cc2)cc(-c2ccc(C3=NCC(CO)O3)[nH]2)c1. The van der Waals surface area contributed by atoms with Crippen molar-refractivity contribution in [3.63, 3.8) is 0 Å². The van der Waals surface area contributed by atoms with E-state index in [1.54, 1.807) is 25.3 Å². The van der Waals surface area contributed by atoms with Crippen LogP contribution >= 0.6 is 0 Å². The summed E-state index contributed by atoms with van der Waals surface area (Å²) in [7, 11) is -1.68. The van der Waals surface area contributed by atoms with Gasteiger partial charge in [0.1, 0.15) is 35.2 Å². The van der Waals surface area contributed by atoms with Crippen molar-refractivity contribution in [2.45, 2.75) is 24.0 Å². The van der Waals surface area contributed by atoms with Crippen LogP contribution in [-0.4, -0.2) is 69.7 Å². The highest BCUT2D eigenvalue weighted by molar-refractivity contribution is 7.90. The number of ether oxygens (including phenoxy) is 4. The topological polar surface area (TPSA) is 119 Å². The molecule has 1 aromatic heterocycles. The average Bonchev–Trinajstić information content (AvgIpc) is 3.48. The fourth-order valence-corrected chi connectivity index (χ4v) is 4.23. The first-order valence-electron chi connectivity index (χ1n) is 11.1. The normalized spacial score (nSPS) is 16.5. The number of H-pyrrole nitrogens is 1. The van der Waals surface area contributed by atoms with E-state index in [4.69, 9.17) is 18.9 Å². The molecule has 1 aliphatic heterocycles. The van der Waals surface area contributed by atoms with Crippen molar-refractivity contribution in [2.75, 3.05) is 33.1 Å². The summed E-state index contributed by atoms with van der Waals surface area (Å²) in [5.41, 5.74) is 2.30. The Morgan fingerprint density at radius 1 is 1.09 bits per heavy atom. The van der Waals surface area contributed by atoms with Gasteiger partial charge in [-0.2, -0.15) is 0 Å². The number of aliphatic hydroxyl groups is 1. The molecule has 2 heterocycles. The van der Waals surface area contributed by atoms with E-state index in [0.717, 1.165) is 17.5 Å². The van der Waals surface area contributed by atoms with E-state index in [1.165, 1.54) is 12.1 Å². The molecule has 3 aromatic rings. The monoisotopic (exact) mass is 500 g/mol. The van der Waals surface area contributed by atoms with E-state index in [2.05, 4.69) is 9.98 Å². The second kappa shape index (κ2) is 10.5. The van der Waals surface area contributed by atoms with Crippen LogP contribution in [0.1, 0.15) is 12.6 Å². The van der Waals surface area contributed by atoms with E-state index >= 15 is 0 Å². The van der Waals surface area contributed by atoms with Gasteiger partial charge < -0.3 is 29.0 Å². The molecule has 0 amide bonds. The van der Waals surface area contributed by atoms with E-state index in [-0.39, 0.29) is 23.7 Å². The molecule has 4 rings (SSSR count). The maximum atomic E-state index is 11.7. The third kappa shape index (κ3) is 6.21. The fourth-order valence-electron chi connectivity index (χ4n) is 3.60. The van der Waals surface area contributed by atoms with Crippen LogP contribution in [0.15, 0.2) is 64.5 Å². The number of sulfone groups is 1. The Morgan fingerprint density at radius 3 is 2.46 bits per heavy atom. The molecule has 2 aromatic carbocycles. The lowest BCUT2D eigenvalue weighted by molar-refractivity contribution is 0.0920. The van der Waals surface area contributed by atoms with Crippen molar-refractivity contribution < 1.29 is 32.5 Å². The van der Waals surface area contributed by atoms with Crippen LogP contribution < -0.4 is 9.47 Å². The quantitative estimate of drug-likeness (QED) is 0.438. The maximum absolute atomic E-state index is 11.7. The molecular weight excluding hydrogens is 472 g/mol. The highest BCUT2D eigenvalue weighted by Gasteiger charge is 2.21. The Bertz CT molecular complexity index is 1300. The first kappa shape index (κ1) is 24.8. The Labute approximate surface area is 204 Å². The molecule has 186 valence electrons. The number of aliphatic imine (C=N–C) groups is 1. The van der Waals surface area contributed by atoms with Crippen molar-refractivity contribution in [1.29, 1.82) is 0 Å². The molecule has 0 saturated carbocycles. The van der Waals surface area contributed by atoms with Gasteiger partial charge in [0.25, 0.3) is 0 Å². The van der Waals surface area contributed by atoms with Crippen molar-refractivity contribution in [1.82, 2.24) is 4.98 Å². The van der Waals surface area contributed by atoms with Gasteiger partial charge in [-0.1, -0.05) is 0 Å². The smallest absolute Gasteiger partial charge is 0.233 e. The number of hydrogen-bond acceptors (Lipinski definition) is 8. The molecule has 0 bridgehead atoms. The molecule has 1 unspecified atom stereocenters. The van der Waals surface area contributed by atoms with Gasteiger partial charge in [0.05, 0.1) is 24.7 Å². The first-order valence-corrected chi connectivity index (χ1v) is 12.9. The third-order valence-electron chi connectivity index (χ3n) is 5.25. The van der Waals surface area contributed by atoms with Gasteiger partial charge >= 0.3 is 0 Å². The Morgan fingerprint density at radius 2 is 1.80 bits per heavy atom. The minimum atomic E-state index is -3.30. The van der Waals surface area contributed by atoms with Crippen LogP contribution in [0.25, 0.3) is 11.3 Å². The lowest BCUT2D eigenvalue weighted by atomic mass is 10.1. The summed E-state index contributed by atoms with van der Waals surface area (Å²) in [6.07, 6.45) is 0.645. The van der Waals surface area contributed by atoms with E-state index in [0.29, 0.717) is 42.0 Å². The van der Waals surface area contributed by atoms with Gasteiger partial charge in [0.2, 0.25) is 5.90 Å². The number of nitrogens with one attached hydrogen (secondary N) is 1. The molecule has 35 heavy (non-hydrogen) atoms. The Balaban J connectivity index is 1.62. The van der Waals surface area contributed by atoms with Gasteiger partial charge in [-0.3, -0.25) is 0 Å². The van der Waals surface area contributed by atoms with Crippen molar-refractivity contribution in [3.05, 3.63) is 60.3 Å².